The lowest BCUT2D eigenvalue weighted by Crippen LogP contribution is -1.78. The van der Waals surface area contributed by atoms with Gasteiger partial charge in [-0.3, -0.25) is 0 Å². The van der Waals surface area contributed by atoms with Gasteiger partial charge in [0.25, 0.3) is 0 Å². The van der Waals surface area contributed by atoms with Crippen LogP contribution in [0.5, 0.6) is 0 Å². The monoisotopic (exact) mass is 336 g/mol. The molecule has 0 aliphatic rings. The van der Waals surface area contributed by atoms with Gasteiger partial charge in [0.1, 0.15) is 6.07 Å². The largest absolute Gasteiger partial charge is 0.354 e. The molecule has 0 amide bonds. The third-order valence-corrected chi connectivity index (χ3v) is 3.91. The summed E-state index contributed by atoms with van der Waals surface area (Å²) in [6.45, 7) is 2.07. The fraction of sp³-hybridized carbons (Fsp3) is 0.0556. The van der Waals surface area contributed by atoms with E-state index >= 15 is 0 Å². The van der Waals surface area contributed by atoms with Gasteiger partial charge in [0.15, 0.2) is 0 Å². The molecule has 3 heteroatoms. The average molecular weight is 337 g/mol. The van der Waals surface area contributed by atoms with Crippen LogP contribution >= 0.6 is 15.9 Å². The van der Waals surface area contributed by atoms with E-state index in [0.29, 0.717) is 5.56 Å². The van der Waals surface area contributed by atoms with Crippen molar-refractivity contribution in [3.8, 4) is 6.07 Å². The molecule has 21 heavy (non-hydrogen) atoms. The maximum atomic E-state index is 9.39. The number of nitrogens with zero attached hydrogens (tertiary/aromatic N) is 1. The highest BCUT2D eigenvalue weighted by Gasteiger charge is 2.08. The fourth-order valence-corrected chi connectivity index (χ4v) is 2.65. The van der Waals surface area contributed by atoms with Crippen LogP contribution in [0.3, 0.4) is 0 Å². The number of nitriles is 1. The third-order valence-electron chi connectivity index (χ3n) is 3.42. The summed E-state index contributed by atoms with van der Waals surface area (Å²) in [7, 11) is 0. The summed E-state index contributed by atoms with van der Waals surface area (Å²) in [6, 6.07) is 16.5. The molecule has 3 rings (SSSR count). The summed E-state index contributed by atoms with van der Waals surface area (Å²) in [4.78, 5) is 3.30. The van der Waals surface area contributed by atoms with Gasteiger partial charge < -0.3 is 4.98 Å². The number of nitrogens with one attached hydrogen (secondary N) is 1. The second-order valence-electron chi connectivity index (χ2n) is 4.96. The molecule has 3 aromatic rings. The van der Waals surface area contributed by atoms with Gasteiger partial charge in [-0.2, -0.15) is 5.26 Å². The Morgan fingerprint density at radius 2 is 1.86 bits per heavy atom. The van der Waals surface area contributed by atoms with E-state index < -0.39 is 0 Å². The number of hydrogen-bond acceptors (Lipinski definition) is 1. The van der Waals surface area contributed by atoms with Gasteiger partial charge >= 0.3 is 0 Å². The first-order chi connectivity index (χ1) is 10.2. The van der Waals surface area contributed by atoms with Crippen molar-refractivity contribution in [1.82, 2.24) is 4.98 Å². The lowest BCUT2D eigenvalue weighted by molar-refractivity contribution is 1.40. The maximum Gasteiger partial charge on any atom is 0.102 e. The SMILES string of the molecule is Cc1ccc(/C=C/c2[nH]c3cc(Br)ccc3c2C#N)cc1. The molecule has 0 saturated carbocycles. The van der Waals surface area contributed by atoms with E-state index in [-0.39, 0.29) is 0 Å². The molecule has 2 nitrogen and oxygen atoms in total. The number of aromatic nitrogens is 1. The zero-order valence-electron chi connectivity index (χ0n) is 11.5. The molecule has 0 fully saturated rings. The zero-order valence-corrected chi connectivity index (χ0v) is 13.1. The van der Waals surface area contributed by atoms with Crippen molar-refractivity contribution in [2.75, 3.05) is 0 Å². The number of benzene rings is 2. The normalized spacial score (nSPS) is 11.1. The lowest BCUT2D eigenvalue weighted by Gasteiger charge is -1.94. The Morgan fingerprint density at radius 3 is 2.57 bits per heavy atom. The van der Waals surface area contributed by atoms with E-state index in [9.17, 15) is 5.26 Å². The van der Waals surface area contributed by atoms with E-state index in [1.165, 1.54) is 5.56 Å². The number of halogens is 1. The molecule has 0 radical (unpaired) electrons. The minimum absolute atomic E-state index is 0.681. The van der Waals surface area contributed by atoms with Gasteiger partial charge in [0.05, 0.1) is 11.3 Å². The Hall–Kier alpha value is -2.31. The maximum absolute atomic E-state index is 9.39. The predicted molar refractivity (Wildman–Crippen MR) is 90.8 cm³/mol. The highest BCUT2D eigenvalue weighted by molar-refractivity contribution is 9.10. The first-order valence-corrected chi connectivity index (χ1v) is 7.43. The van der Waals surface area contributed by atoms with Crippen molar-refractivity contribution in [3.63, 3.8) is 0 Å². The van der Waals surface area contributed by atoms with E-state index in [2.05, 4.69) is 58.2 Å². The lowest BCUT2D eigenvalue weighted by atomic mass is 10.1. The van der Waals surface area contributed by atoms with Crippen molar-refractivity contribution < 1.29 is 0 Å². The van der Waals surface area contributed by atoms with E-state index in [1.54, 1.807) is 0 Å². The molecule has 0 aliphatic heterocycles. The summed E-state index contributed by atoms with van der Waals surface area (Å²) in [5, 5.41) is 10.3. The fourth-order valence-electron chi connectivity index (χ4n) is 2.29. The van der Waals surface area contributed by atoms with Crippen LogP contribution in [-0.2, 0) is 0 Å². The third kappa shape index (κ3) is 2.76. The Balaban J connectivity index is 2.04. The Labute approximate surface area is 131 Å². The second kappa shape index (κ2) is 5.59. The molecule has 1 N–H and O–H groups in total. The van der Waals surface area contributed by atoms with Crippen LogP contribution in [-0.4, -0.2) is 4.98 Å². The number of H-pyrrole nitrogens is 1. The molecule has 102 valence electrons. The van der Waals surface area contributed by atoms with Crippen molar-refractivity contribution in [2.24, 2.45) is 0 Å². The summed E-state index contributed by atoms with van der Waals surface area (Å²) < 4.78 is 0.995. The topological polar surface area (TPSA) is 39.6 Å². The first-order valence-electron chi connectivity index (χ1n) is 6.63. The molecule has 0 saturated heterocycles. The van der Waals surface area contributed by atoms with Gasteiger partial charge in [-0.1, -0.05) is 57.9 Å². The molecule has 1 aromatic heterocycles. The number of hydrogen-bond donors (Lipinski definition) is 1. The van der Waals surface area contributed by atoms with Crippen LogP contribution in [0.2, 0.25) is 0 Å². The Morgan fingerprint density at radius 1 is 1.10 bits per heavy atom. The standard InChI is InChI=1S/C18H13BrN2/c1-12-2-4-13(5-3-12)6-9-17-16(11-20)15-8-7-14(19)10-18(15)21-17/h2-10,21H,1H3/b9-6+. The number of aryl methyl sites for hydroxylation is 1. The first kappa shape index (κ1) is 13.7. The Bertz CT molecular complexity index is 865. The quantitative estimate of drug-likeness (QED) is 0.679. The number of aromatic amines is 1. The molecule has 0 bridgehead atoms. The predicted octanol–water partition coefficient (Wildman–Crippen LogP) is 5.28. The summed E-state index contributed by atoms with van der Waals surface area (Å²) >= 11 is 3.45. The molecule has 0 spiro atoms. The van der Waals surface area contributed by atoms with Crippen LogP contribution in [0.15, 0.2) is 46.9 Å². The van der Waals surface area contributed by atoms with Crippen molar-refractivity contribution >= 4 is 39.0 Å². The van der Waals surface area contributed by atoms with Crippen molar-refractivity contribution in [3.05, 3.63) is 69.3 Å². The van der Waals surface area contributed by atoms with Gasteiger partial charge in [-0.15, -0.1) is 0 Å². The highest BCUT2D eigenvalue weighted by Crippen LogP contribution is 2.26. The second-order valence-corrected chi connectivity index (χ2v) is 5.88. The van der Waals surface area contributed by atoms with E-state index in [4.69, 9.17) is 0 Å². The van der Waals surface area contributed by atoms with E-state index in [0.717, 1.165) is 26.6 Å². The van der Waals surface area contributed by atoms with Crippen LogP contribution in [0, 0.1) is 18.3 Å². The smallest absolute Gasteiger partial charge is 0.102 e. The number of rotatable bonds is 2. The molecular weight excluding hydrogens is 324 g/mol. The van der Waals surface area contributed by atoms with Gasteiger partial charge in [-0.25, -0.2) is 0 Å². The van der Waals surface area contributed by atoms with Crippen molar-refractivity contribution in [1.29, 1.82) is 5.26 Å². The van der Waals surface area contributed by atoms with Crippen LogP contribution in [0.25, 0.3) is 23.1 Å². The van der Waals surface area contributed by atoms with Gasteiger partial charge in [-0.05, 0) is 30.7 Å². The highest BCUT2D eigenvalue weighted by atomic mass is 79.9. The van der Waals surface area contributed by atoms with Crippen LogP contribution in [0.4, 0.5) is 0 Å². The van der Waals surface area contributed by atoms with Gasteiger partial charge in [0, 0.05) is 15.4 Å². The van der Waals surface area contributed by atoms with E-state index in [1.807, 2.05) is 30.4 Å². The molecule has 0 atom stereocenters. The molecule has 0 unspecified atom stereocenters. The molecule has 0 aliphatic carbocycles. The van der Waals surface area contributed by atoms with Crippen LogP contribution < -0.4 is 0 Å². The summed E-state index contributed by atoms with van der Waals surface area (Å²) in [6.07, 6.45) is 3.97. The zero-order chi connectivity index (χ0) is 14.8. The van der Waals surface area contributed by atoms with Crippen LogP contribution in [0.1, 0.15) is 22.4 Å². The van der Waals surface area contributed by atoms with Crippen molar-refractivity contribution in [2.45, 2.75) is 6.92 Å². The molecule has 2 aromatic carbocycles. The summed E-state index contributed by atoms with van der Waals surface area (Å²) in [5.74, 6) is 0. The minimum Gasteiger partial charge on any atom is -0.354 e. The summed E-state index contributed by atoms with van der Waals surface area (Å²) in [5.41, 5.74) is 4.83. The Kier molecular flexibility index (Phi) is 3.64. The average Bonchev–Trinajstić information content (AvgIpc) is 2.83. The van der Waals surface area contributed by atoms with Gasteiger partial charge in [0.2, 0.25) is 0 Å². The number of fused-ring (bicyclic) bond motifs is 1. The molecular formula is C18H13BrN2. The molecule has 1 heterocycles. The minimum atomic E-state index is 0.681.